The maximum absolute atomic E-state index is 11.2. The molecular formula is C23H27N3O. The lowest BCUT2D eigenvalue weighted by Crippen LogP contribution is -2.31. The lowest BCUT2D eigenvalue weighted by atomic mass is 9.89. The van der Waals surface area contributed by atoms with E-state index < -0.39 is 5.60 Å². The quantitative estimate of drug-likeness (QED) is 0.736. The number of nitrogens with one attached hydrogen (secondary N) is 1. The van der Waals surface area contributed by atoms with Crippen molar-refractivity contribution in [1.82, 2.24) is 15.1 Å². The molecule has 0 unspecified atom stereocenters. The topological polar surface area (TPSA) is 52.2 Å². The standard InChI is InChI=1S/C23H27N3O/c1-16-8-9-19(12-18(16)3)22-20(13-24-25-22)14-26-11-10-23(27,15-26)21-7-5-4-6-17(21)2/h4-9,12-13,27H,10-11,14-15H2,1-3H3,(H,24,25)/t23-/m0/s1. The van der Waals surface area contributed by atoms with Crippen LogP contribution in [0.15, 0.2) is 48.7 Å². The maximum atomic E-state index is 11.2. The number of nitrogens with zero attached hydrogens (tertiary/aromatic N) is 2. The molecule has 2 heterocycles. The van der Waals surface area contributed by atoms with Crippen molar-refractivity contribution in [1.29, 1.82) is 0 Å². The average Bonchev–Trinajstić information content (AvgIpc) is 3.25. The van der Waals surface area contributed by atoms with Crippen molar-refractivity contribution in [2.45, 2.75) is 39.3 Å². The fourth-order valence-corrected chi connectivity index (χ4v) is 4.14. The van der Waals surface area contributed by atoms with Crippen molar-refractivity contribution < 1.29 is 5.11 Å². The van der Waals surface area contributed by atoms with E-state index >= 15 is 0 Å². The van der Waals surface area contributed by atoms with Crippen LogP contribution in [0.2, 0.25) is 0 Å². The summed E-state index contributed by atoms with van der Waals surface area (Å²) in [5.74, 6) is 0. The maximum Gasteiger partial charge on any atom is 0.104 e. The first-order valence-corrected chi connectivity index (χ1v) is 9.57. The highest BCUT2D eigenvalue weighted by Gasteiger charge is 2.38. The van der Waals surface area contributed by atoms with E-state index in [1.54, 1.807) is 0 Å². The molecule has 4 rings (SSSR count). The van der Waals surface area contributed by atoms with E-state index in [0.717, 1.165) is 36.3 Å². The third-order valence-corrected chi connectivity index (χ3v) is 5.88. The van der Waals surface area contributed by atoms with Gasteiger partial charge in [0.1, 0.15) is 5.60 Å². The molecule has 0 amide bonds. The molecule has 1 aliphatic rings. The van der Waals surface area contributed by atoms with E-state index in [4.69, 9.17) is 0 Å². The van der Waals surface area contributed by atoms with Gasteiger partial charge in [0, 0.05) is 30.8 Å². The molecule has 4 heteroatoms. The third kappa shape index (κ3) is 3.43. The first-order chi connectivity index (χ1) is 13.0. The minimum Gasteiger partial charge on any atom is -0.384 e. The highest BCUT2D eigenvalue weighted by atomic mass is 16.3. The summed E-state index contributed by atoms with van der Waals surface area (Å²) in [5, 5.41) is 18.7. The number of aryl methyl sites for hydroxylation is 3. The first-order valence-electron chi connectivity index (χ1n) is 9.57. The van der Waals surface area contributed by atoms with E-state index in [9.17, 15) is 5.11 Å². The second kappa shape index (κ2) is 6.95. The summed E-state index contributed by atoms with van der Waals surface area (Å²) in [6, 6.07) is 14.7. The summed E-state index contributed by atoms with van der Waals surface area (Å²) in [7, 11) is 0. The number of H-pyrrole nitrogens is 1. The van der Waals surface area contributed by atoms with Gasteiger partial charge in [0.25, 0.3) is 0 Å². The monoisotopic (exact) mass is 361 g/mol. The molecular weight excluding hydrogens is 334 g/mol. The number of hydrogen-bond donors (Lipinski definition) is 2. The van der Waals surface area contributed by atoms with Gasteiger partial charge in [0.2, 0.25) is 0 Å². The normalized spacial score (nSPS) is 20.3. The van der Waals surface area contributed by atoms with Crippen LogP contribution in [0.25, 0.3) is 11.3 Å². The summed E-state index contributed by atoms with van der Waals surface area (Å²) >= 11 is 0. The summed E-state index contributed by atoms with van der Waals surface area (Å²) in [6.07, 6.45) is 2.67. The molecule has 0 bridgehead atoms. The fourth-order valence-electron chi connectivity index (χ4n) is 4.14. The molecule has 2 aromatic carbocycles. The Kier molecular flexibility index (Phi) is 4.62. The second-order valence-corrected chi connectivity index (χ2v) is 7.88. The van der Waals surface area contributed by atoms with Gasteiger partial charge in [0.05, 0.1) is 11.9 Å². The lowest BCUT2D eigenvalue weighted by molar-refractivity contribution is 0.0447. The Morgan fingerprint density at radius 1 is 1.07 bits per heavy atom. The average molecular weight is 361 g/mol. The molecule has 2 N–H and O–H groups in total. The number of rotatable bonds is 4. The number of aromatic amines is 1. The van der Waals surface area contributed by atoms with Crippen molar-refractivity contribution >= 4 is 0 Å². The molecule has 27 heavy (non-hydrogen) atoms. The van der Waals surface area contributed by atoms with E-state index in [0.29, 0.717) is 6.54 Å². The molecule has 4 nitrogen and oxygen atoms in total. The van der Waals surface area contributed by atoms with Gasteiger partial charge in [0.15, 0.2) is 0 Å². The van der Waals surface area contributed by atoms with Crippen LogP contribution >= 0.6 is 0 Å². The predicted octanol–water partition coefficient (Wildman–Crippen LogP) is 4.10. The van der Waals surface area contributed by atoms with Crippen molar-refractivity contribution in [2.75, 3.05) is 13.1 Å². The van der Waals surface area contributed by atoms with Crippen LogP contribution in [-0.4, -0.2) is 33.3 Å². The van der Waals surface area contributed by atoms with E-state index in [-0.39, 0.29) is 0 Å². The molecule has 0 radical (unpaired) electrons. The molecule has 1 saturated heterocycles. The summed E-state index contributed by atoms with van der Waals surface area (Å²) in [6.45, 7) is 8.65. The SMILES string of the molecule is Cc1ccc(-c2[nH]ncc2CN2CC[C@@](O)(c3ccccc3C)C2)cc1C. The minimum absolute atomic E-state index is 0.648. The first kappa shape index (κ1) is 18.0. The summed E-state index contributed by atoms with van der Waals surface area (Å²) in [5.41, 5.74) is 7.42. The Morgan fingerprint density at radius 3 is 2.67 bits per heavy atom. The Balaban J connectivity index is 1.54. The molecule has 1 aromatic heterocycles. The zero-order valence-corrected chi connectivity index (χ0v) is 16.3. The Labute approximate surface area is 160 Å². The van der Waals surface area contributed by atoms with E-state index in [2.05, 4.69) is 66.2 Å². The zero-order valence-electron chi connectivity index (χ0n) is 16.3. The van der Waals surface area contributed by atoms with Gasteiger partial charge in [-0.15, -0.1) is 0 Å². The molecule has 1 atom stereocenters. The van der Waals surface area contributed by atoms with Crippen LogP contribution in [0.5, 0.6) is 0 Å². The van der Waals surface area contributed by atoms with Gasteiger partial charge in [-0.2, -0.15) is 5.10 Å². The second-order valence-electron chi connectivity index (χ2n) is 7.88. The number of aromatic nitrogens is 2. The number of likely N-dealkylation sites (tertiary alicyclic amines) is 1. The molecule has 0 saturated carbocycles. The van der Waals surface area contributed by atoms with Crippen LogP contribution in [0.3, 0.4) is 0 Å². The number of hydrogen-bond acceptors (Lipinski definition) is 3. The van der Waals surface area contributed by atoms with Crippen LogP contribution in [0, 0.1) is 20.8 Å². The molecule has 1 aliphatic heterocycles. The largest absolute Gasteiger partial charge is 0.384 e. The third-order valence-electron chi connectivity index (χ3n) is 5.88. The van der Waals surface area contributed by atoms with Gasteiger partial charge >= 0.3 is 0 Å². The fraction of sp³-hybridized carbons (Fsp3) is 0.348. The van der Waals surface area contributed by atoms with Gasteiger partial charge in [-0.1, -0.05) is 36.4 Å². The summed E-state index contributed by atoms with van der Waals surface area (Å²) in [4.78, 5) is 2.32. The van der Waals surface area contributed by atoms with Gasteiger partial charge in [-0.25, -0.2) is 0 Å². The van der Waals surface area contributed by atoms with E-state index in [1.165, 1.54) is 22.3 Å². The van der Waals surface area contributed by atoms with Gasteiger partial charge < -0.3 is 5.11 Å². The van der Waals surface area contributed by atoms with Crippen molar-refractivity contribution in [3.63, 3.8) is 0 Å². The molecule has 0 spiro atoms. The zero-order chi connectivity index (χ0) is 19.0. The van der Waals surface area contributed by atoms with Crippen LogP contribution in [0.1, 0.15) is 34.2 Å². The Hall–Kier alpha value is -2.43. The van der Waals surface area contributed by atoms with Crippen LogP contribution in [-0.2, 0) is 12.1 Å². The lowest BCUT2D eigenvalue weighted by Gasteiger charge is -2.25. The van der Waals surface area contributed by atoms with Crippen molar-refractivity contribution in [3.05, 3.63) is 76.5 Å². The number of β-amino-alcohol motifs (C(OH)–C–C–N with tert-alkyl or cyclic N) is 1. The molecule has 0 aliphatic carbocycles. The van der Waals surface area contributed by atoms with Crippen LogP contribution < -0.4 is 0 Å². The highest BCUT2D eigenvalue weighted by molar-refractivity contribution is 5.64. The smallest absolute Gasteiger partial charge is 0.104 e. The number of aliphatic hydroxyl groups is 1. The van der Waals surface area contributed by atoms with Crippen molar-refractivity contribution in [2.24, 2.45) is 0 Å². The molecule has 3 aromatic rings. The van der Waals surface area contributed by atoms with E-state index in [1.807, 2.05) is 18.3 Å². The van der Waals surface area contributed by atoms with Crippen molar-refractivity contribution in [3.8, 4) is 11.3 Å². The predicted molar refractivity (Wildman–Crippen MR) is 108 cm³/mol. The van der Waals surface area contributed by atoms with Crippen LogP contribution in [0.4, 0.5) is 0 Å². The number of benzene rings is 2. The van der Waals surface area contributed by atoms with Gasteiger partial charge in [-0.3, -0.25) is 10.00 Å². The molecule has 1 fully saturated rings. The minimum atomic E-state index is -0.768. The summed E-state index contributed by atoms with van der Waals surface area (Å²) < 4.78 is 0. The Bertz CT molecular complexity index is 962. The van der Waals surface area contributed by atoms with Gasteiger partial charge in [-0.05, 0) is 55.5 Å². The highest BCUT2D eigenvalue weighted by Crippen LogP contribution is 2.35. The molecule has 140 valence electrons. The Morgan fingerprint density at radius 2 is 1.89 bits per heavy atom.